The first-order valence-electron chi connectivity index (χ1n) is 5.92. The van der Waals surface area contributed by atoms with Crippen molar-refractivity contribution in [2.24, 2.45) is 0 Å². The van der Waals surface area contributed by atoms with Crippen molar-refractivity contribution in [3.05, 3.63) is 64.1 Å². The lowest BCUT2D eigenvalue weighted by Gasteiger charge is -2.06. The number of carboxylic acids is 1. The van der Waals surface area contributed by atoms with Crippen LogP contribution in [0.3, 0.4) is 0 Å². The molecule has 0 aliphatic carbocycles. The van der Waals surface area contributed by atoms with Crippen molar-refractivity contribution in [1.29, 1.82) is 0 Å². The Balaban J connectivity index is 2.45. The minimum Gasteiger partial charge on any atom is -0.478 e. The number of fused-ring (bicyclic) bond motifs is 1. The van der Waals surface area contributed by atoms with Gasteiger partial charge in [-0.1, -0.05) is 12.1 Å². The molecule has 106 valence electrons. The van der Waals surface area contributed by atoms with Crippen molar-refractivity contribution in [2.45, 2.75) is 0 Å². The van der Waals surface area contributed by atoms with Crippen LogP contribution in [0.5, 0.6) is 0 Å². The summed E-state index contributed by atoms with van der Waals surface area (Å²) in [4.78, 5) is 25.4. The molecule has 3 rings (SSSR count). The van der Waals surface area contributed by atoms with Crippen LogP contribution in [0, 0.1) is 11.6 Å². The van der Waals surface area contributed by atoms with Gasteiger partial charge >= 0.3 is 11.7 Å². The van der Waals surface area contributed by atoms with Crippen LogP contribution < -0.4 is 5.69 Å². The Morgan fingerprint density at radius 1 is 1.10 bits per heavy atom. The molecule has 1 aromatic heterocycles. The molecule has 0 aliphatic heterocycles. The predicted molar refractivity (Wildman–Crippen MR) is 70.8 cm³/mol. The third-order valence-corrected chi connectivity index (χ3v) is 3.11. The van der Waals surface area contributed by atoms with Crippen LogP contribution in [0.4, 0.5) is 8.78 Å². The fraction of sp³-hybridized carbons (Fsp3) is 0. The highest BCUT2D eigenvalue weighted by Crippen LogP contribution is 2.22. The number of para-hydroxylation sites is 2. The van der Waals surface area contributed by atoms with E-state index in [-0.39, 0.29) is 16.6 Å². The number of carbonyl (C=O) groups is 1. The predicted octanol–water partition coefficient (Wildman–Crippen LogP) is 2.30. The van der Waals surface area contributed by atoms with E-state index in [1.54, 1.807) is 0 Å². The number of benzene rings is 2. The minimum atomic E-state index is -1.25. The molecule has 0 bridgehead atoms. The fourth-order valence-corrected chi connectivity index (χ4v) is 2.23. The van der Waals surface area contributed by atoms with Crippen molar-refractivity contribution >= 4 is 17.0 Å². The summed E-state index contributed by atoms with van der Waals surface area (Å²) in [5.41, 5.74) is -1.42. The average molecular weight is 290 g/mol. The van der Waals surface area contributed by atoms with Crippen molar-refractivity contribution < 1.29 is 18.7 Å². The van der Waals surface area contributed by atoms with E-state index in [9.17, 15) is 18.4 Å². The van der Waals surface area contributed by atoms with Crippen LogP contribution >= 0.6 is 0 Å². The highest BCUT2D eigenvalue weighted by molar-refractivity contribution is 6.01. The summed E-state index contributed by atoms with van der Waals surface area (Å²) >= 11 is 0. The van der Waals surface area contributed by atoms with E-state index in [1.807, 2.05) is 0 Å². The topological polar surface area (TPSA) is 75.1 Å². The monoisotopic (exact) mass is 290 g/mol. The van der Waals surface area contributed by atoms with Crippen molar-refractivity contribution in [3.8, 4) is 5.69 Å². The smallest absolute Gasteiger partial charge is 0.337 e. The maximum atomic E-state index is 13.9. The second-order valence-electron chi connectivity index (χ2n) is 4.34. The Morgan fingerprint density at radius 2 is 1.71 bits per heavy atom. The number of nitrogens with one attached hydrogen (secondary N) is 1. The molecule has 0 aliphatic rings. The second kappa shape index (κ2) is 4.55. The van der Waals surface area contributed by atoms with Crippen LogP contribution in [0.1, 0.15) is 10.4 Å². The van der Waals surface area contributed by atoms with Gasteiger partial charge in [-0.3, -0.25) is 4.57 Å². The lowest BCUT2D eigenvalue weighted by atomic mass is 10.2. The molecule has 0 fully saturated rings. The number of aromatic carboxylic acids is 1. The van der Waals surface area contributed by atoms with Crippen molar-refractivity contribution in [1.82, 2.24) is 9.55 Å². The Labute approximate surface area is 116 Å². The Bertz CT molecular complexity index is 907. The summed E-state index contributed by atoms with van der Waals surface area (Å²) in [5, 5.41) is 9.08. The molecule has 21 heavy (non-hydrogen) atoms. The van der Waals surface area contributed by atoms with Gasteiger partial charge in [0.2, 0.25) is 0 Å². The molecule has 0 saturated carbocycles. The summed E-state index contributed by atoms with van der Waals surface area (Å²) in [6, 6.07) is 7.31. The molecule has 0 radical (unpaired) electrons. The molecule has 0 amide bonds. The molecule has 3 aromatic rings. The molecule has 7 heteroatoms. The standard InChI is InChI=1S/C14H8F2N2O3/c15-8-4-2-5-9(16)12(8)18-10-6-1-3-7(13(19)20)11(10)17-14(18)21/h1-6H,(H,17,21)(H,19,20). The molecule has 2 aromatic carbocycles. The third kappa shape index (κ3) is 1.90. The normalized spacial score (nSPS) is 11.0. The number of halogens is 2. The Kier molecular flexibility index (Phi) is 2.83. The van der Waals surface area contributed by atoms with Gasteiger partial charge in [0.1, 0.15) is 17.3 Å². The number of carboxylic acid groups (broad SMARTS) is 1. The van der Waals surface area contributed by atoms with Gasteiger partial charge in [-0.15, -0.1) is 0 Å². The van der Waals surface area contributed by atoms with Gasteiger partial charge in [-0.2, -0.15) is 0 Å². The summed E-state index contributed by atoms with van der Waals surface area (Å²) in [5.74, 6) is -3.08. The van der Waals surface area contributed by atoms with Crippen LogP contribution in [0.2, 0.25) is 0 Å². The number of imidazole rings is 1. The highest BCUT2D eigenvalue weighted by atomic mass is 19.1. The van der Waals surface area contributed by atoms with Gasteiger partial charge in [0.25, 0.3) is 0 Å². The van der Waals surface area contributed by atoms with E-state index < -0.39 is 29.0 Å². The van der Waals surface area contributed by atoms with E-state index in [0.29, 0.717) is 0 Å². The SMILES string of the molecule is O=C(O)c1cccc2c1[nH]c(=O)n2-c1c(F)cccc1F. The van der Waals surface area contributed by atoms with Crippen LogP contribution in [0.15, 0.2) is 41.2 Å². The highest BCUT2D eigenvalue weighted by Gasteiger charge is 2.19. The fourth-order valence-electron chi connectivity index (χ4n) is 2.23. The summed E-state index contributed by atoms with van der Waals surface area (Å²) < 4.78 is 28.5. The summed E-state index contributed by atoms with van der Waals surface area (Å²) in [6.07, 6.45) is 0. The molecule has 5 nitrogen and oxygen atoms in total. The largest absolute Gasteiger partial charge is 0.478 e. The van der Waals surface area contributed by atoms with E-state index in [1.165, 1.54) is 24.3 Å². The molecule has 1 heterocycles. The summed E-state index contributed by atoms with van der Waals surface area (Å²) in [7, 11) is 0. The zero-order valence-electron chi connectivity index (χ0n) is 10.4. The van der Waals surface area contributed by atoms with Crippen LogP contribution in [0.25, 0.3) is 16.7 Å². The zero-order chi connectivity index (χ0) is 15.1. The van der Waals surface area contributed by atoms with Gasteiger partial charge in [0.05, 0.1) is 16.6 Å². The molecule has 0 saturated heterocycles. The van der Waals surface area contributed by atoms with E-state index >= 15 is 0 Å². The number of rotatable bonds is 2. The number of hydrogen-bond acceptors (Lipinski definition) is 2. The van der Waals surface area contributed by atoms with Crippen LogP contribution in [-0.4, -0.2) is 20.6 Å². The zero-order valence-corrected chi connectivity index (χ0v) is 10.4. The lowest BCUT2D eigenvalue weighted by molar-refractivity contribution is 0.0699. The number of aromatic amines is 1. The molecular weight excluding hydrogens is 282 g/mol. The van der Waals surface area contributed by atoms with Crippen molar-refractivity contribution in [2.75, 3.05) is 0 Å². The maximum absolute atomic E-state index is 13.9. The number of aromatic nitrogens is 2. The Morgan fingerprint density at radius 3 is 2.33 bits per heavy atom. The quantitative estimate of drug-likeness (QED) is 0.760. The first-order valence-corrected chi connectivity index (χ1v) is 5.92. The van der Waals surface area contributed by atoms with Gasteiger partial charge in [-0.05, 0) is 24.3 Å². The molecule has 0 unspecified atom stereocenters. The number of hydrogen-bond donors (Lipinski definition) is 2. The minimum absolute atomic E-state index is 0.0117. The average Bonchev–Trinajstić information content (AvgIpc) is 2.75. The van der Waals surface area contributed by atoms with Crippen LogP contribution in [-0.2, 0) is 0 Å². The van der Waals surface area contributed by atoms with Crippen molar-refractivity contribution in [3.63, 3.8) is 0 Å². The molecular formula is C14H8F2N2O3. The third-order valence-electron chi connectivity index (χ3n) is 3.11. The number of nitrogens with zero attached hydrogens (tertiary/aromatic N) is 1. The molecule has 2 N–H and O–H groups in total. The van der Waals surface area contributed by atoms with E-state index in [4.69, 9.17) is 5.11 Å². The molecule has 0 spiro atoms. The van der Waals surface area contributed by atoms with Gasteiger partial charge in [0, 0.05) is 0 Å². The van der Waals surface area contributed by atoms with Gasteiger partial charge in [-0.25, -0.2) is 18.4 Å². The molecule has 0 atom stereocenters. The second-order valence-corrected chi connectivity index (χ2v) is 4.34. The van der Waals surface area contributed by atoms with Gasteiger partial charge < -0.3 is 10.1 Å². The van der Waals surface area contributed by atoms with Gasteiger partial charge in [0.15, 0.2) is 0 Å². The summed E-state index contributed by atoms with van der Waals surface area (Å²) in [6.45, 7) is 0. The maximum Gasteiger partial charge on any atom is 0.337 e. The number of H-pyrrole nitrogens is 1. The lowest BCUT2D eigenvalue weighted by Crippen LogP contribution is -2.17. The first-order chi connectivity index (χ1) is 10.0. The van der Waals surface area contributed by atoms with E-state index in [2.05, 4.69) is 4.98 Å². The van der Waals surface area contributed by atoms with E-state index in [0.717, 1.165) is 16.7 Å². The Hall–Kier alpha value is -2.96. The first kappa shape index (κ1) is 13.0.